The van der Waals surface area contributed by atoms with Crippen LogP contribution in [0.25, 0.3) is 0 Å². The summed E-state index contributed by atoms with van der Waals surface area (Å²) in [4.78, 5) is 6.68. The fourth-order valence-corrected chi connectivity index (χ4v) is 1.53. The molecule has 1 aromatic rings. The predicted octanol–water partition coefficient (Wildman–Crippen LogP) is 1.82. The quantitative estimate of drug-likeness (QED) is 0.794. The van der Waals surface area contributed by atoms with Gasteiger partial charge in [0, 0.05) is 18.3 Å². The van der Waals surface area contributed by atoms with Crippen molar-refractivity contribution >= 4 is 0 Å². The van der Waals surface area contributed by atoms with Crippen LogP contribution in [0.3, 0.4) is 0 Å². The zero-order valence-corrected chi connectivity index (χ0v) is 10.8. The van der Waals surface area contributed by atoms with Crippen molar-refractivity contribution in [3.63, 3.8) is 0 Å². The molecule has 0 aliphatic rings. The minimum Gasteiger partial charge on any atom is -0.309 e. The lowest BCUT2D eigenvalue weighted by Gasteiger charge is -2.16. The Morgan fingerprint density at radius 3 is 2.75 bits per heavy atom. The molecule has 0 spiro atoms. The number of hydrogen-bond donors (Lipinski definition) is 1. The number of hydrogen-bond acceptors (Lipinski definition) is 3. The SMILES string of the molecule is Cc1cccc(CNC(C)CCN(C)C)n1. The van der Waals surface area contributed by atoms with E-state index < -0.39 is 0 Å². The highest BCUT2D eigenvalue weighted by Gasteiger charge is 2.02. The van der Waals surface area contributed by atoms with Crippen molar-refractivity contribution in [1.82, 2.24) is 15.2 Å². The highest BCUT2D eigenvalue weighted by molar-refractivity contribution is 5.09. The first-order valence-corrected chi connectivity index (χ1v) is 5.88. The molecule has 16 heavy (non-hydrogen) atoms. The van der Waals surface area contributed by atoms with E-state index in [0.29, 0.717) is 6.04 Å². The summed E-state index contributed by atoms with van der Waals surface area (Å²) in [6.45, 7) is 6.23. The van der Waals surface area contributed by atoms with E-state index >= 15 is 0 Å². The molecule has 0 bridgehead atoms. The molecule has 3 nitrogen and oxygen atoms in total. The average molecular weight is 221 g/mol. The molecule has 1 rings (SSSR count). The van der Waals surface area contributed by atoms with E-state index in [-0.39, 0.29) is 0 Å². The van der Waals surface area contributed by atoms with Gasteiger partial charge in [-0.15, -0.1) is 0 Å². The predicted molar refractivity (Wildman–Crippen MR) is 68.4 cm³/mol. The Balaban J connectivity index is 2.28. The van der Waals surface area contributed by atoms with Crippen LogP contribution in [0.1, 0.15) is 24.7 Å². The third-order valence-corrected chi connectivity index (χ3v) is 2.59. The first-order valence-electron chi connectivity index (χ1n) is 5.88. The first-order chi connectivity index (χ1) is 7.58. The van der Waals surface area contributed by atoms with E-state index in [1.54, 1.807) is 0 Å². The van der Waals surface area contributed by atoms with Crippen LogP contribution < -0.4 is 5.32 Å². The van der Waals surface area contributed by atoms with Crippen LogP contribution in [0.15, 0.2) is 18.2 Å². The normalized spacial score (nSPS) is 13.1. The number of nitrogens with zero attached hydrogens (tertiary/aromatic N) is 2. The van der Waals surface area contributed by atoms with Crippen molar-refractivity contribution in [2.75, 3.05) is 20.6 Å². The molecule has 0 radical (unpaired) electrons. The molecule has 0 amide bonds. The third-order valence-electron chi connectivity index (χ3n) is 2.59. The molecule has 1 aromatic heterocycles. The molecular formula is C13H23N3. The van der Waals surface area contributed by atoms with Crippen LogP contribution in [0.4, 0.5) is 0 Å². The summed E-state index contributed by atoms with van der Waals surface area (Å²) in [6, 6.07) is 6.69. The van der Waals surface area contributed by atoms with Crippen LogP contribution in [0.5, 0.6) is 0 Å². The van der Waals surface area contributed by atoms with E-state index in [4.69, 9.17) is 0 Å². The number of pyridine rings is 1. The largest absolute Gasteiger partial charge is 0.309 e. The zero-order valence-electron chi connectivity index (χ0n) is 10.8. The van der Waals surface area contributed by atoms with Crippen LogP contribution >= 0.6 is 0 Å². The molecule has 1 unspecified atom stereocenters. The van der Waals surface area contributed by atoms with Crippen LogP contribution in [0, 0.1) is 6.92 Å². The van der Waals surface area contributed by atoms with Crippen molar-refractivity contribution in [2.24, 2.45) is 0 Å². The lowest BCUT2D eigenvalue weighted by Crippen LogP contribution is -2.29. The number of aromatic nitrogens is 1. The second-order valence-electron chi connectivity index (χ2n) is 4.64. The van der Waals surface area contributed by atoms with E-state index in [1.807, 2.05) is 13.0 Å². The molecule has 1 N–H and O–H groups in total. The van der Waals surface area contributed by atoms with Gasteiger partial charge in [-0.2, -0.15) is 0 Å². The summed E-state index contributed by atoms with van der Waals surface area (Å²) < 4.78 is 0. The molecule has 0 aliphatic heterocycles. The minimum absolute atomic E-state index is 0.532. The fourth-order valence-electron chi connectivity index (χ4n) is 1.53. The molecule has 1 atom stereocenters. The third kappa shape index (κ3) is 5.24. The molecule has 90 valence electrons. The molecule has 3 heteroatoms. The molecule has 0 aromatic carbocycles. The molecule has 0 saturated carbocycles. The van der Waals surface area contributed by atoms with Crippen LogP contribution in [-0.4, -0.2) is 36.6 Å². The van der Waals surface area contributed by atoms with E-state index in [2.05, 4.69) is 48.4 Å². The molecule has 0 fully saturated rings. The topological polar surface area (TPSA) is 28.2 Å². The Morgan fingerprint density at radius 2 is 2.12 bits per heavy atom. The lowest BCUT2D eigenvalue weighted by molar-refractivity contribution is 0.365. The Morgan fingerprint density at radius 1 is 1.38 bits per heavy atom. The second-order valence-corrected chi connectivity index (χ2v) is 4.64. The monoisotopic (exact) mass is 221 g/mol. The van der Waals surface area contributed by atoms with E-state index in [0.717, 1.165) is 24.5 Å². The maximum Gasteiger partial charge on any atom is 0.0544 e. The summed E-state index contributed by atoms with van der Waals surface area (Å²) in [6.07, 6.45) is 1.17. The molecule has 1 heterocycles. The summed E-state index contributed by atoms with van der Waals surface area (Å²) in [5, 5.41) is 3.49. The van der Waals surface area contributed by atoms with Gasteiger partial charge in [-0.1, -0.05) is 6.07 Å². The average Bonchev–Trinajstić information content (AvgIpc) is 2.23. The van der Waals surface area contributed by atoms with Gasteiger partial charge in [0.25, 0.3) is 0 Å². The van der Waals surface area contributed by atoms with Gasteiger partial charge in [0.15, 0.2) is 0 Å². The fraction of sp³-hybridized carbons (Fsp3) is 0.615. The van der Waals surface area contributed by atoms with Gasteiger partial charge < -0.3 is 10.2 Å². The smallest absolute Gasteiger partial charge is 0.0544 e. The van der Waals surface area contributed by atoms with Crippen molar-refractivity contribution in [1.29, 1.82) is 0 Å². The van der Waals surface area contributed by atoms with Crippen molar-refractivity contribution in [3.05, 3.63) is 29.6 Å². The van der Waals surface area contributed by atoms with Gasteiger partial charge >= 0.3 is 0 Å². The van der Waals surface area contributed by atoms with Crippen LogP contribution in [0.2, 0.25) is 0 Å². The van der Waals surface area contributed by atoms with Gasteiger partial charge in [0.1, 0.15) is 0 Å². The van der Waals surface area contributed by atoms with Crippen molar-refractivity contribution in [2.45, 2.75) is 32.9 Å². The van der Waals surface area contributed by atoms with Crippen molar-refractivity contribution in [3.8, 4) is 0 Å². The minimum atomic E-state index is 0.532. The molecule has 0 saturated heterocycles. The van der Waals surface area contributed by atoms with Gasteiger partial charge in [0.05, 0.1) is 5.69 Å². The molecule has 0 aliphatic carbocycles. The first kappa shape index (κ1) is 13.1. The highest BCUT2D eigenvalue weighted by atomic mass is 15.1. The number of nitrogens with one attached hydrogen (secondary N) is 1. The maximum absolute atomic E-state index is 4.47. The number of rotatable bonds is 6. The lowest BCUT2D eigenvalue weighted by atomic mass is 10.2. The maximum atomic E-state index is 4.47. The Kier molecular flexibility index (Phi) is 5.43. The van der Waals surface area contributed by atoms with Gasteiger partial charge in [-0.3, -0.25) is 4.98 Å². The Bertz CT molecular complexity index is 310. The standard InChI is InChI=1S/C13H23N3/c1-11(8-9-16(3)4)14-10-13-7-5-6-12(2)15-13/h5-7,11,14H,8-10H2,1-4H3. The van der Waals surface area contributed by atoms with E-state index in [9.17, 15) is 0 Å². The summed E-state index contributed by atoms with van der Waals surface area (Å²) in [5.74, 6) is 0. The van der Waals surface area contributed by atoms with Crippen LogP contribution in [-0.2, 0) is 6.54 Å². The summed E-state index contributed by atoms with van der Waals surface area (Å²) in [7, 11) is 4.21. The second kappa shape index (κ2) is 6.61. The molecular weight excluding hydrogens is 198 g/mol. The summed E-state index contributed by atoms with van der Waals surface area (Å²) in [5.41, 5.74) is 2.21. The van der Waals surface area contributed by atoms with Gasteiger partial charge in [-0.05, 0) is 53.0 Å². The van der Waals surface area contributed by atoms with Crippen molar-refractivity contribution < 1.29 is 0 Å². The van der Waals surface area contributed by atoms with E-state index in [1.165, 1.54) is 6.42 Å². The number of aryl methyl sites for hydroxylation is 1. The van der Waals surface area contributed by atoms with Gasteiger partial charge in [-0.25, -0.2) is 0 Å². The Labute approximate surface area is 98.9 Å². The Hall–Kier alpha value is -0.930. The van der Waals surface area contributed by atoms with Gasteiger partial charge in [0.2, 0.25) is 0 Å². The highest BCUT2D eigenvalue weighted by Crippen LogP contribution is 1.99. The summed E-state index contributed by atoms with van der Waals surface area (Å²) >= 11 is 0. The zero-order chi connectivity index (χ0) is 12.0.